The second-order valence-corrected chi connectivity index (χ2v) is 5.13. The molecule has 1 unspecified atom stereocenters. The van der Waals surface area contributed by atoms with Crippen molar-refractivity contribution >= 4 is 6.01 Å². The summed E-state index contributed by atoms with van der Waals surface area (Å²) in [7, 11) is 5.59. The maximum Gasteiger partial charge on any atom is 0.297 e. The highest BCUT2D eigenvalue weighted by atomic mass is 16.5. The van der Waals surface area contributed by atoms with Crippen LogP contribution in [0.4, 0.5) is 6.01 Å². The third kappa shape index (κ3) is 3.76. The monoisotopic (exact) mass is 289 g/mol. The minimum Gasteiger partial charge on any atom is -0.496 e. The van der Waals surface area contributed by atoms with Gasteiger partial charge in [-0.15, -0.1) is 0 Å². The Morgan fingerprint density at radius 1 is 1.38 bits per heavy atom. The second kappa shape index (κ2) is 7.13. The Bertz CT molecular complexity index is 568. The van der Waals surface area contributed by atoms with Crippen LogP contribution in [0.5, 0.6) is 5.75 Å². The van der Waals surface area contributed by atoms with E-state index in [4.69, 9.17) is 9.15 Å². The number of nitrogens with one attached hydrogen (secondary N) is 1. The summed E-state index contributed by atoms with van der Waals surface area (Å²) in [6.45, 7) is 2.85. The standard InChI is InChI=1S/C16H23N3O2/c1-12(9-13-7-5-6-8-15(13)20-4)19(3)16-18-14(10-17-2)11-21-16/h5-8,11-12,17H,9-10H2,1-4H3. The molecule has 0 bridgehead atoms. The summed E-state index contributed by atoms with van der Waals surface area (Å²) in [6, 6.07) is 8.98. The number of hydrogen-bond acceptors (Lipinski definition) is 5. The summed E-state index contributed by atoms with van der Waals surface area (Å²) in [5.74, 6) is 0.918. The molecule has 1 heterocycles. The van der Waals surface area contributed by atoms with Crippen molar-refractivity contribution in [1.29, 1.82) is 0 Å². The molecule has 1 aromatic carbocycles. The van der Waals surface area contributed by atoms with E-state index in [1.54, 1.807) is 13.4 Å². The molecular formula is C16H23N3O2. The predicted octanol–water partition coefficient (Wildman–Crippen LogP) is 2.47. The molecule has 0 saturated heterocycles. The molecule has 0 saturated carbocycles. The van der Waals surface area contributed by atoms with Gasteiger partial charge in [-0.3, -0.25) is 0 Å². The van der Waals surface area contributed by atoms with Gasteiger partial charge in [-0.1, -0.05) is 18.2 Å². The Kier molecular flexibility index (Phi) is 5.22. The summed E-state index contributed by atoms with van der Waals surface area (Å²) >= 11 is 0. The van der Waals surface area contributed by atoms with Crippen molar-refractivity contribution in [3.8, 4) is 5.75 Å². The molecule has 21 heavy (non-hydrogen) atoms. The maximum atomic E-state index is 5.54. The molecule has 0 aliphatic heterocycles. The highest BCUT2D eigenvalue weighted by Crippen LogP contribution is 2.22. The molecule has 0 radical (unpaired) electrons. The van der Waals surface area contributed by atoms with Crippen molar-refractivity contribution in [3.63, 3.8) is 0 Å². The summed E-state index contributed by atoms with van der Waals surface area (Å²) in [6.07, 6.45) is 2.56. The first-order chi connectivity index (χ1) is 10.2. The number of nitrogens with zero attached hydrogens (tertiary/aromatic N) is 2. The van der Waals surface area contributed by atoms with Gasteiger partial charge in [0.2, 0.25) is 0 Å². The lowest BCUT2D eigenvalue weighted by Gasteiger charge is -2.23. The summed E-state index contributed by atoms with van der Waals surface area (Å²) in [5, 5.41) is 3.06. The van der Waals surface area contributed by atoms with Crippen molar-refractivity contribution in [2.24, 2.45) is 0 Å². The summed E-state index contributed by atoms with van der Waals surface area (Å²) < 4.78 is 10.9. The first-order valence-corrected chi connectivity index (χ1v) is 7.09. The van der Waals surface area contributed by atoms with E-state index in [0.717, 1.165) is 17.9 Å². The minimum absolute atomic E-state index is 0.252. The topological polar surface area (TPSA) is 50.5 Å². The van der Waals surface area contributed by atoms with Gasteiger partial charge >= 0.3 is 0 Å². The van der Waals surface area contributed by atoms with Gasteiger partial charge in [-0.2, -0.15) is 4.98 Å². The minimum atomic E-state index is 0.252. The van der Waals surface area contributed by atoms with E-state index in [1.807, 2.05) is 37.2 Å². The quantitative estimate of drug-likeness (QED) is 0.848. The number of benzene rings is 1. The van der Waals surface area contributed by atoms with Crippen molar-refractivity contribution in [1.82, 2.24) is 10.3 Å². The van der Waals surface area contributed by atoms with Crippen LogP contribution in [0.2, 0.25) is 0 Å². The highest BCUT2D eigenvalue weighted by Gasteiger charge is 2.17. The molecule has 0 fully saturated rings. The Morgan fingerprint density at radius 3 is 2.86 bits per heavy atom. The second-order valence-electron chi connectivity index (χ2n) is 5.13. The number of hydrogen-bond donors (Lipinski definition) is 1. The Morgan fingerprint density at radius 2 is 2.14 bits per heavy atom. The number of methoxy groups -OCH3 is 1. The number of likely N-dealkylation sites (N-methyl/N-ethyl adjacent to an activating group) is 1. The average molecular weight is 289 g/mol. The van der Waals surface area contributed by atoms with Gasteiger partial charge in [0.1, 0.15) is 12.0 Å². The van der Waals surface area contributed by atoms with Crippen molar-refractivity contribution < 1.29 is 9.15 Å². The first kappa shape index (κ1) is 15.4. The van der Waals surface area contributed by atoms with Gasteiger partial charge in [0.25, 0.3) is 6.01 Å². The van der Waals surface area contributed by atoms with E-state index in [1.165, 1.54) is 5.56 Å². The molecule has 1 aromatic heterocycles. The number of para-hydroxylation sites is 1. The van der Waals surface area contributed by atoms with E-state index in [-0.39, 0.29) is 6.04 Å². The van der Waals surface area contributed by atoms with Gasteiger partial charge in [-0.05, 0) is 32.0 Å². The molecule has 2 aromatic rings. The van der Waals surface area contributed by atoms with Crippen LogP contribution in [0, 0.1) is 0 Å². The molecule has 0 aliphatic carbocycles. The van der Waals surface area contributed by atoms with E-state index < -0.39 is 0 Å². The van der Waals surface area contributed by atoms with E-state index >= 15 is 0 Å². The number of oxazole rings is 1. The van der Waals surface area contributed by atoms with Crippen molar-refractivity contribution in [2.45, 2.75) is 25.9 Å². The molecule has 0 spiro atoms. The largest absolute Gasteiger partial charge is 0.496 e. The van der Waals surface area contributed by atoms with Crippen LogP contribution in [0.25, 0.3) is 0 Å². The molecule has 1 atom stereocenters. The van der Waals surface area contributed by atoms with Crippen LogP contribution >= 0.6 is 0 Å². The van der Waals surface area contributed by atoms with E-state index in [0.29, 0.717) is 12.6 Å². The molecule has 1 N–H and O–H groups in total. The maximum absolute atomic E-state index is 5.54. The smallest absolute Gasteiger partial charge is 0.297 e. The predicted molar refractivity (Wildman–Crippen MR) is 83.8 cm³/mol. The van der Waals surface area contributed by atoms with E-state index in [2.05, 4.69) is 23.3 Å². The van der Waals surface area contributed by atoms with Crippen LogP contribution in [-0.4, -0.2) is 32.2 Å². The summed E-state index contributed by atoms with van der Waals surface area (Å²) in [5.41, 5.74) is 2.09. The van der Waals surface area contributed by atoms with Crippen LogP contribution < -0.4 is 15.0 Å². The fourth-order valence-corrected chi connectivity index (χ4v) is 2.24. The highest BCUT2D eigenvalue weighted by molar-refractivity contribution is 5.36. The molecule has 114 valence electrons. The third-order valence-electron chi connectivity index (χ3n) is 3.57. The number of anilines is 1. The van der Waals surface area contributed by atoms with Gasteiger partial charge in [-0.25, -0.2) is 0 Å². The summed E-state index contributed by atoms with van der Waals surface area (Å²) in [4.78, 5) is 6.52. The Balaban J connectivity index is 2.06. The Hall–Kier alpha value is -2.01. The van der Waals surface area contributed by atoms with E-state index in [9.17, 15) is 0 Å². The molecule has 2 rings (SSSR count). The Labute approximate surface area is 125 Å². The lowest BCUT2D eigenvalue weighted by Crippen LogP contribution is -2.31. The average Bonchev–Trinajstić information content (AvgIpc) is 2.96. The third-order valence-corrected chi connectivity index (χ3v) is 3.57. The lowest BCUT2D eigenvalue weighted by atomic mass is 10.1. The molecule has 5 nitrogen and oxygen atoms in total. The fourth-order valence-electron chi connectivity index (χ4n) is 2.24. The molecule has 5 heteroatoms. The normalized spacial score (nSPS) is 12.2. The van der Waals surface area contributed by atoms with Crippen LogP contribution in [0.15, 0.2) is 34.9 Å². The molecule has 0 aliphatic rings. The van der Waals surface area contributed by atoms with Crippen LogP contribution in [0.1, 0.15) is 18.2 Å². The first-order valence-electron chi connectivity index (χ1n) is 7.09. The number of ether oxygens (including phenoxy) is 1. The van der Waals surface area contributed by atoms with Crippen LogP contribution in [-0.2, 0) is 13.0 Å². The SMILES string of the molecule is CNCc1coc(N(C)C(C)Cc2ccccc2OC)n1. The zero-order valence-electron chi connectivity index (χ0n) is 13.1. The zero-order chi connectivity index (χ0) is 15.2. The molecular weight excluding hydrogens is 266 g/mol. The lowest BCUT2D eigenvalue weighted by molar-refractivity contribution is 0.407. The van der Waals surface area contributed by atoms with Crippen molar-refractivity contribution in [3.05, 3.63) is 41.8 Å². The van der Waals surface area contributed by atoms with Gasteiger partial charge in [0.05, 0.1) is 12.8 Å². The van der Waals surface area contributed by atoms with Gasteiger partial charge in [0.15, 0.2) is 0 Å². The molecule has 0 amide bonds. The van der Waals surface area contributed by atoms with Crippen LogP contribution in [0.3, 0.4) is 0 Å². The number of rotatable bonds is 7. The zero-order valence-corrected chi connectivity index (χ0v) is 13.1. The van der Waals surface area contributed by atoms with Gasteiger partial charge < -0.3 is 19.4 Å². The number of aromatic nitrogens is 1. The fraction of sp³-hybridized carbons (Fsp3) is 0.438. The van der Waals surface area contributed by atoms with Crippen molar-refractivity contribution in [2.75, 3.05) is 26.1 Å². The van der Waals surface area contributed by atoms with Gasteiger partial charge in [0, 0.05) is 19.6 Å².